The predicted molar refractivity (Wildman–Crippen MR) is 100 cm³/mol. The summed E-state index contributed by atoms with van der Waals surface area (Å²) < 4.78 is 1.02. The number of nitrogens with one attached hydrogen (secondary N) is 1. The molecule has 0 bridgehead atoms. The molecular weight excluding hydrogens is 418 g/mol. The number of rotatable bonds is 4. The molecule has 0 atom stereocenters. The topological polar surface area (TPSA) is 54.9 Å². The van der Waals surface area contributed by atoms with Crippen LogP contribution in [-0.2, 0) is 0 Å². The lowest BCUT2D eigenvalue weighted by Gasteiger charge is -2.00. The Labute approximate surface area is 154 Å². The van der Waals surface area contributed by atoms with Gasteiger partial charge in [0.25, 0.3) is 5.91 Å². The van der Waals surface area contributed by atoms with Gasteiger partial charge < -0.3 is 5.32 Å². The van der Waals surface area contributed by atoms with Gasteiger partial charge in [0, 0.05) is 5.69 Å². The summed E-state index contributed by atoms with van der Waals surface area (Å²) in [5.41, 5.74) is 1.68. The average Bonchev–Trinajstić information content (AvgIpc) is 3.17. The normalized spacial score (nSPS) is 11.5. The number of nitrogens with zero attached hydrogens (tertiary/aromatic N) is 2. The first-order chi connectivity index (χ1) is 11.1. The summed E-state index contributed by atoms with van der Waals surface area (Å²) in [5, 5.41) is 13.8. The quantitative estimate of drug-likeness (QED) is 0.611. The number of benzene rings is 1. The minimum absolute atomic E-state index is 0.266. The van der Waals surface area contributed by atoms with E-state index >= 15 is 0 Å². The van der Waals surface area contributed by atoms with E-state index in [4.69, 9.17) is 11.6 Å². The summed E-state index contributed by atoms with van der Waals surface area (Å²) >= 11 is 12.4. The van der Waals surface area contributed by atoms with Gasteiger partial charge in [0.2, 0.25) is 5.01 Å². The summed E-state index contributed by atoms with van der Waals surface area (Å²) in [5.74, 6) is -0.303. The molecule has 116 valence electrons. The lowest BCUT2D eigenvalue weighted by Crippen LogP contribution is -2.11. The highest BCUT2D eigenvalue weighted by molar-refractivity contribution is 9.11. The fraction of sp³-hybridized carbons (Fsp3) is 0. The number of para-hydroxylation sites is 1. The number of aromatic nitrogens is 2. The van der Waals surface area contributed by atoms with E-state index in [1.165, 1.54) is 0 Å². The summed E-state index contributed by atoms with van der Waals surface area (Å²) in [6, 6.07) is 11.1. The first-order valence-corrected chi connectivity index (χ1v) is 9.30. The molecule has 23 heavy (non-hydrogen) atoms. The monoisotopic (exact) mass is 425 g/mol. The van der Waals surface area contributed by atoms with Crippen LogP contribution in [0.15, 0.2) is 45.6 Å². The second-order valence-corrected chi connectivity index (χ2v) is 8.08. The summed E-state index contributed by atoms with van der Waals surface area (Å²) in [6.07, 6.45) is 1.79. The summed E-state index contributed by atoms with van der Waals surface area (Å²) in [6.45, 7) is 0. The Balaban J connectivity index is 1.75. The van der Waals surface area contributed by atoms with Crippen molar-refractivity contribution in [1.82, 2.24) is 10.2 Å². The number of carbonyl (C=O) groups excluding carboxylic acids is 1. The fourth-order valence-electron chi connectivity index (χ4n) is 1.72. The molecule has 0 aliphatic carbocycles. The fourth-order valence-corrected chi connectivity index (χ4v) is 3.78. The first-order valence-electron chi connectivity index (χ1n) is 6.43. The van der Waals surface area contributed by atoms with Crippen LogP contribution in [0.4, 0.5) is 5.69 Å². The van der Waals surface area contributed by atoms with Gasteiger partial charge in [0.05, 0.1) is 8.82 Å². The van der Waals surface area contributed by atoms with Crippen LogP contribution in [0.1, 0.15) is 20.4 Å². The maximum Gasteiger partial charge on any atom is 0.286 e. The van der Waals surface area contributed by atoms with Crippen molar-refractivity contribution in [2.75, 3.05) is 5.32 Å². The second kappa shape index (κ2) is 7.35. The molecule has 0 saturated carbocycles. The largest absolute Gasteiger partial charge is 0.320 e. The summed E-state index contributed by atoms with van der Waals surface area (Å²) in [4.78, 5) is 12.1. The molecule has 0 saturated heterocycles. The van der Waals surface area contributed by atoms with Gasteiger partial charge in [-0.3, -0.25) is 4.79 Å². The van der Waals surface area contributed by atoms with Crippen LogP contribution in [-0.4, -0.2) is 16.1 Å². The Hall–Kier alpha value is -1.54. The molecule has 1 amide bonds. The van der Waals surface area contributed by atoms with Gasteiger partial charge in [-0.1, -0.05) is 41.1 Å². The molecule has 1 aromatic carbocycles. The van der Waals surface area contributed by atoms with Gasteiger partial charge in [0.1, 0.15) is 0 Å². The highest BCUT2D eigenvalue weighted by Crippen LogP contribution is 2.28. The van der Waals surface area contributed by atoms with Crippen molar-refractivity contribution in [3.05, 3.63) is 61.1 Å². The van der Waals surface area contributed by atoms with Gasteiger partial charge in [-0.2, -0.15) is 0 Å². The lowest BCUT2D eigenvalue weighted by atomic mass is 10.3. The molecule has 8 heteroatoms. The van der Waals surface area contributed by atoms with Gasteiger partial charge in [-0.15, -0.1) is 21.5 Å². The maximum absolute atomic E-state index is 12.1. The van der Waals surface area contributed by atoms with Crippen molar-refractivity contribution in [1.29, 1.82) is 0 Å². The molecule has 3 rings (SSSR count). The Kier molecular flexibility index (Phi) is 5.22. The van der Waals surface area contributed by atoms with E-state index in [0.29, 0.717) is 15.7 Å². The standard InChI is InChI=1S/C15H9BrClN3OS2/c16-12-7-9(8-22-12)6-11(17)14-19-20-15(23-14)13(21)18-10-4-2-1-3-5-10/h1-8H,(H,18,21)/b11-6-. The number of hydrogen-bond donors (Lipinski definition) is 1. The maximum atomic E-state index is 12.1. The van der Waals surface area contributed by atoms with Crippen LogP contribution in [0.25, 0.3) is 11.1 Å². The second-order valence-electron chi connectivity index (χ2n) is 4.41. The molecule has 2 aromatic heterocycles. The van der Waals surface area contributed by atoms with Gasteiger partial charge in [0.15, 0.2) is 5.01 Å². The van der Waals surface area contributed by atoms with Gasteiger partial charge >= 0.3 is 0 Å². The third kappa shape index (κ3) is 4.26. The average molecular weight is 427 g/mol. The lowest BCUT2D eigenvalue weighted by molar-refractivity contribution is 0.102. The SMILES string of the molecule is O=C(Nc1ccccc1)c1nnc(/C(Cl)=C/c2csc(Br)c2)s1. The molecule has 0 aliphatic rings. The van der Waals surface area contributed by atoms with E-state index in [1.54, 1.807) is 29.5 Å². The minimum atomic E-state index is -0.303. The number of amides is 1. The number of carbonyl (C=O) groups is 1. The number of thiophene rings is 1. The van der Waals surface area contributed by atoms with Crippen molar-refractivity contribution in [2.24, 2.45) is 0 Å². The van der Waals surface area contributed by atoms with Crippen LogP contribution in [0, 0.1) is 0 Å². The van der Waals surface area contributed by atoms with E-state index in [2.05, 4.69) is 31.4 Å². The van der Waals surface area contributed by atoms with Gasteiger partial charge in [-0.25, -0.2) is 0 Å². The van der Waals surface area contributed by atoms with Crippen molar-refractivity contribution < 1.29 is 4.79 Å². The smallest absolute Gasteiger partial charge is 0.286 e. The summed E-state index contributed by atoms with van der Waals surface area (Å²) in [7, 11) is 0. The zero-order chi connectivity index (χ0) is 16.2. The minimum Gasteiger partial charge on any atom is -0.320 e. The van der Waals surface area contributed by atoms with Crippen LogP contribution >= 0.6 is 50.2 Å². The van der Waals surface area contributed by atoms with E-state index in [0.717, 1.165) is 20.7 Å². The van der Waals surface area contributed by atoms with Crippen LogP contribution in [0.2, 0.25) is 0 Å². The van der Waals surface area contributed by atoms with Crippen LogP contribution in [0.5, 0.6) is 0 Å². The molecule has 2 heterocycles. The van der Waals surface area contributed by atoms with Crippen LogP contribution in [0.3, 0.4) is 0 Å². The molecule has 3 aromatic rings. The molecule has 0 fully saturated rings. The first kappa shape index (κ1) is 16.3. The molecule has 0 radical (unpaired) electrons. The Morgan fingerprint density at radius 3 is 2.65 bits per heavy atom. The van der Waals surface area contributed by atoms with E-state index in [1.807, 2.05) is 29.6 Å². The molecular formula is C15H9BrClN3OS2. The Morgan fingerprint density at radius 2 is 1.96 bits per heavy atom. The van der Waals surface area contributed by atoms with E-state index in [9.17, 15) is 4.79 Å². The number of halogens is 2. The Bertz CT molecular complexity index is 861. The third-order valence-corrected chi connectivity index (χ3v) is 5.61. The van der Waals surface area contributed by atoms with Gasteiger partial charge in [-0.05, 0) is 51.1 Å². The zero-order valence-corrected chi connectivity index (χ0v) is 15.5. The van der Waals surface area contributed by atoms with Crippen molar-refractivity contribution in [2.45, 2.75) is 0 Å². The predicted octanol–water partition coefficient (Wildman–Crippen LogP) is 5.35. The highest BCUT2D eigenvalue weighted by atomic mass is 79.9. The molecule has 4 nitrogen and oxygen atoms in total. The van der Waals surface area contributed by atoms with Crippen molar-refractivity contribution in [3.8, 4) is 0 Å². The van der Waals surface area contributed by atoms with Crippen LogP contribution < -0.4 is 5.32 Å². The molecule has 0 spiro atoms. The number of anilines is 1. The molecule has 0 unspecified atom stereocenters. The number of hydrogen-bond acceptors (Lipinski definition) is 5. The molecule has 0 aliphatic heterocycles. The Morgan fingerprint density at radius 1 is 1.22 bits per heavy atom. The van der Waals surface area contributed by atoms with Crippen molar-refractivity contribution >= 4 is 72.9 Å². The molecule has 1 N–H and O–H groups in total. The highest BCUT2D eigenvalue weighted by Gasteiger charge is 2.14. The van der Waals surface area contributed by atoms with E-state index in [-0.39, 0.29) is 10.9 Å². The third-order valence-electron chi connectivity index (χ3n) is 2.74. The zero-order valence-electron chi connectivity index (χ0n) is 11.5. The van der Waals surface area contributed by atoms with Crippen molar-refractivity contribution in [3.63, 3.8) is 0 Å². The van der Waals surface area contributed by atoms with E-state index < -0.39 is 0 Å².